The van der Waals surface area contributed by atoms with E-state index in [1.165, 1.54) is 11.0 Å². The van der Waals surface area contributed by atoms with Crippen LogP contribution in [0.4, 0.5) is 11.4 Å². The van der Waals surface area contributed by atoms with E-state index in [4.69, 9.17) is 0 Å². The van der Waals surface area contributed by atoms with Crippen LogP contribution in [0.5, 0.6) is 0 Å². The number of fused-ring (bicyclic) bond motifs is 1. The molecule has 0 N–H and O–H groups in total. The lowest BCUT2D eigenvalue weighted by molar-refractivity contribution is -0.384. The quantitative estimate of drug-likeness (QED) is 0.283. The number of hydrogen-bond donors (Lipinski definition) is 0. The Hall–Kier alpha value is -3.23. The van der Waals surface area contributed by atoms with Crippen molar-refractivity contribution in [2.24, 2.45) is 17.8 Å². The van der Waals surface area contributed by atoms with Crippen molar-refractivity contribution in [2.45, 2.75) is 39.2 Å². The predicted molar refractivity (Wildman–Crippen MR) is 122 cm³/mol. The number of amides is 3. The van der Waals surface area contributed by atoms with Gasteiger partial charge >= 0.3 is 0 Å². The van der Waals surface area contributed by atoms with Gasteiger partial charge in [-0.2, -0.15) is 0 Å². The van der Waals surface area contributed by atoms with Crippen molar-refractivity contribution < 1.29 is 19.3 Å². The van der Waals surface area contributed by atoms with Gasteiger partial charge in [0.1, 0.15) is 11.7 Å². The van der Waals surface area contributed by atoms with Crippen molar-refractivity contribution >= 4 is 29.1 Å². The molecule has 4 rings (SSSR count). The molecule has 9 heteroatoms. The fourth-order valence-corrected chi connectivity index (χ4v) is 5.16. The van der Waals surface area contributed by atoms with Crippen LogP contribution in [0.25, 0.3) is 0 Å². The van der Waals surface area contributed by atoms with Gasteiger partial charge in [0.2, 0.25) is 17.7 Å². The summed E-state index contributed by atoms with van der Waals surface area (Å²) >= 11 is 0. The second kappa shape index (κ2) is 9.33. The number of anilines is 1. The van der Waals surface area contributed by atoms with Crippen LogP contribution in [0, 0.1) is 27.9 Å². The molecule has 3 aliphatic rings. The lowest BCUT2D eigenvalue weighted by atomic mass is 9.85. The van der Waals surface area contributed by atoms with E-state index in [1.807, 2.05) is 30.9 Å². The SMILES string of the molecule is CC(C)CC(C(=O)N1CCN(c2ccccc2[N+](=O)[O-])CC1)N1C(=O)C2CC=CCC2C1=O. The maximum Gasteiger partial charge on any atom is 0.292 e. The summed E-state index contributed by atoms with van der Waals surface area (Å²) in [7, 11) is 0. The summed E-state index contributed by atoms with van der Waals surface area (Å²) in [5, 5.41) is 11.4. The molecule has 176 valence electrons. The van der Waals surface area contributed by atoms with Crippen LogP contribution in [-0.2, 0) is 14.4 Å². The van der Waals surface area contributed by atoms with Gasteiger partial charge in [0.15, 0.2) is 0 Å². The molecule has 2 heterocycles. The minimum Gasteiger partial charge on any atom is -0.362 e. The Balaban J connectivity index is 1.49. The second-order valence-corrected chi connectivity index (χ2v) is 9.41. The number of likely N-dealkylation sites (tertiary alicyclic amines) is 1. The zero-order valence-electron chi connectivity index (χ0n) is 19.1. The third-order valence-corrected chi connectivity index (χ3v) is 6.84. The molecule has 0 saturated carbocycles. The zero-order chi connectivity index (χ0) is 23.7. The van der Waals surface area contributed by atoms with Gasteiger partial charge < -0.3 is 9.80 Å². The van der Waals surface area contributed by atoms with Gasteiger partial charge in [-0.05, 0) is 31.2 Å². The molecule has 1 aromatic carbocycles. The first-order valence-corrected chi connectivity index (χ1v) is 11.6. The van der Waals surface area contributed by atoms with Gasteiger partial charge in [-0.1, -0.05) is 38.1 Å². The number of benzene rings is 1. The Kier molecular flexibility index (Phi) is 6.49. The number of nitrogens with zero attached hydrogens (tertiary/aromatic N) is 4. The molecule has 2 fully saturated rings. The average molecular weight is 455 g/mol. The number of piperazine rings is 1. The summed E-state index contributed by atoms with van der Waals surface area (Å²) in [5.41, 5.74) is 0.578. The maximum absolute atomic E-state index is 13.6. The van der Waals surface area contributed by atoms with E-state index in [2.05, 4.69) is 0 Å². The minimum absolute atomic E-state index is 0.0411. The molecule has 0 aromatic heterocycles. The summed E-state index contributed by atoms with van der Waals surface area (Å²) in [6, 6.07) is 5.79. The number of nitro benzene ring substituents is 1. The standard InChI is InChI=1S/C24H30N4O5/c1-16(2)15-21(27-22(29)17-7-3-4-8-18(17)23(27)30)24(31)26-13-11-25(12-14-26)19-9-5-6-10-20(19)28(32)33/h3-6,9-10,16-18,21H,7-8,11-15H2,1-2H3. The van der Waals surface area contributed by atoms with Crippen LogP contribution in [0.3, 0.4) is 0 Å². The molecule has 2 saturated heterocycles. The maximum atomic E-state index is 13.6. The molecule has 1 aliphatic carbocycles. The van der Waals surface area contributed by atoms with Gasteiger partial charge in [0, 0.05) is 32.2 Å². The number of allylic oxidation sites excluding steroid dienone is 2. The van der Waals surface area contributed by atoms with Crippen molar-refractivity contribution in [3.63, 3.8) is 0 Å². The molecule has 9 nitrogen and oxygen atoms in total. The third kappa shape index (κ3) is 4.36. The number of imide groups is 1. The Morgan fingerprint density at radius 2 is 1.61 bits per heavy atom. The van der Waals surface area contributed by atoms with Crippen LogP contribution < -0.4 is 4.90 Å². The molecule has 1 aromatic rings. The van der Waals surface area contributed by atoms with E-state index >= 15 is 0 Å². The minimum atomic E-state index is -0.798. The molecule has 0 bridgehead atoms. The van der Waals surface area contributed by atoms with Crippen LogP contribution in [0.15, 0.2) is 36.4 Å². The van der Waals surface area contributed by atoms with Gasteiger partial charge in [-0.3, -0.25) is 29.4 Å². The summed E-state index contributed by atoms with van der Waals surface area (Å²) in [6.07, 6.45) is 5.40. The smallest absolute Gasteiger partial charge is 0.292 e. The topological polar surface area (TPSA) is 104 Å². The highest BCUT2D eigenvalue weighted by molar-refractivity contribution is 6.08. The Labute approximate surface area is 193 Å². The summed E-state index contributed by atoms with van der Waals surface area (Å²) < 4.78 is 0. The number of hydrogen-bond acceptors (Lipinski definition) is 6. The van der Waals surface area contributed by atoms with Crippen LogP contribution in [-0.4, -0.2) is 64.7 Å². The molecule has 2 aliphatic heterocycles. The van der Waals surface area contributed by atoms with Crippen molar-refractivity contribution in [1.82, 2.24) is 9.80 Å². The van der Waals surface area contributed by atoms with Gasteiger partial charge in [0.25, 0.3) is 5.69 Å². The van der Waals surface area contributed by atoms with E-state index in [0.29, 0.717) is 51.1 Å². The first-order chi connectivity index (χ1) is 15.8. The van der Waals surface area contributed by atoms with Crippen LogP contribution >= 0.6 is 0 Å². The zero-order valence-corrected chi connectivity index (χ0v) is 19.1. The van der Waals surface area contributed by atoms with E-state index in [0.717, 1.165) is 0 Å². The number of para-hydroxylation sites is 2. The molecule has 3 unspecified atom stereocenters. The van der Waals surface area contributed by atoms with Crippen molar-refractivity contribution in [2.75, 3.05) is 31.1 Å². The van der Waals surface area contributed by atoms with E-state index in [-0.39, 0.29) is 41.2 Å². The number of carbonyl (C=O) groups excluding carboxylic acids is 3. The highest BCUT2D eigenvalue weighted by Gasteiger charge is 2.51. The molecule has 33 heavy (non-hydrogen) atoms. The predicted octanol–water partition coefficient (Wildman–Crippen LogP) is 2.61. The molecular formula is C24H30N4O5. The monoisotopic (exact) mass is 454 g/mol. The van der Waals surface area contributed by atoms with Crippen molar-refractivity contribution in [3.05, 3.63) is 46.5 Å². The number of nitro groups is 1. The third-order valence-electron chi connectivity index (χ3n) is 6.84. The Morgan fingerprint density at radius 1 is 1.03 bits per heavy atom. The van der Waals surface area contributed by atoms with Crippen molar-refractivity contribution in [1.29, 1.82) is 0 Å². The fraction of sp³-hybridized carbons (Fsp3) is 0.542. The summed E-state index contributed by atoms with van der Waals surface area (Å²) in [4.78, 5) is 55.7. The highest BCUT2D eigenvalue weighted by Crippen LogP contribution is 2.37. The van der Waals surface area contributed by atoms with E-state index in [1.54, 1.807) is 23.1 Å². The van der Waals surface area contributed by atoms with Gasteiger partial charge in [-0.25, -0.2) is 0 Å². The highest BCUT2D eigenvalue weighted by atomic mass is 16.6. The fourth-order valence-electron chi connectivity index (χ4n) is 5.16. The van der Waals surface area contributed by atoms with Crippen LogP contribution in [0.1, 0.15) is 33.1 Å². The van der Waals surface area contributed by atoms with Crippen LogP contribution in [0.2, 0.25) is 0 Å². The molecular weight excluding hydrogens is 424 g/mol. The summed E-state index contributed by atoms with van der Waals surface area (Å²) in [6.45, 7) is 5.61. The Bertz CT molecular complexity index is 957. The van der Waals surface area contributed by atoms with Gasteiger partial charge in [0.05, 0.1) is 16.8 Å². The Morgan fingerprint density at radius 3 is 2.15 bits per heavy atom. The van der Waals surface area contributed by atoms with E-state index in [9.17, 15) is 24.5 Å². The second-order valence-electron chi connectivity index (χ2n) is 9.41. The average Bonchev–Trinajstić information content (AvgIpc) is 3.07. The lowest BCUT2D eigenvalue weighted by Gasteiger charge is -2.39. The number of carbonyl (C=O) groups is 3. The molecule has 0 radical (unpaired) electrons. The molecule has 3 amide bonds. The first kappa shape index (κ1) is 22.9. The molecule has 3 atom stereocenters. The first-order valence-electron chi connectivity index (χ1n) is 11.6. The normalized spacial score (nSPS) is 23.8. The number of rotatable bonds is 6. The molecule has 0 spiro atoms. The van der Waals surface area contributed by atoms with Gasteiger partial charge in [-0.15, -0.1) is 0 Å². The summed E-state index contributed by atoms with van der Waals surface area (Å²) in [5.74, 6) is -1.26. The lowest BCUT2D eigenvalue weighted by Crippen LogP contribution is -2.56. The largest absolute Gasteiger partial charge is 0.362 e. The van der Waals surface area contributed by atoms with Crippen molar-refractivity contribution in [3.8, 4) is 0 Å². The van der Waals surface area contributed by atoms with E-state index < -0.39 is 11.0 Å².